The van der Waals surface area contributed by atoms with Gasteiger partial charge in [0, 0.05) is 0 Å². The van der Waals surface area contributed by atoms with Crippen molar-refractivity contribution in [2.75, 3.05) is 14.2 Å². The van der Waals surface area contributed by atoms with Gasteiger partial charge in [-0.15, -0.1) is 0 Å². The molecule has 2 aromatic rings. The summed E-state index contributed by atoms with van der Waals surface area (Å²) in [4.78, 5) is 23.4. The van der Waals surface area contributed by atoms with E-state index in [4.69, 9.17) is 9.47 Å². The molecule has 0 bridgehead atoms. The van der Waals surface area contributed by atoms with Crippen LogP contribution in [0.3, 0.4) is 0 Å². The van der Waals surface area contributed by atoms with Crippen LogP contribution >= 0.6 is 0 Å². The molecule has 0 saturated carbocycles. The molecule has 0 radical (unpaired) electrons. The fourth-order valence-corrected chi connectivity index (χ4v) is 1.87. The zero-order valence-electron chi connectivity index (χ0n) is 12.4. The Hall–Kier alpha value is -2.82. The number of carbonyl (C=O) groups is 2. The predicted octanol–water partition coefficient (Wildman–Crippen LogP) is 2.84. The van der Waals surface area contributed by atoms with E-state index in [0.29, 0.717) is 22.4 Å². The second-order valence-electron chi connectivity index (χ2n) is 4.50. The van der Waals surface area contributed by atoms with Gasteiger partial charge in [0.2, 0.25) is 0 Å². The zero-order chi connectivity index (χ0) is 15.9. The summed E-state index contributed by atoms with van der Waals surface area (Å²) < 4.78 is 14.9. The molecule has 5 nitrogen and oxygen atoms in total. The van der Waals surface area contributed by atoms with Gasteiger partial charge in [0.25, 0.3) is 0 Å². The summed E-state index contributed by atoms with van der Waals surface area (Å²) in [6, 6.07) is 13.4. The molecule has 5 heteroatoms. The lowest BCUT2D eigenvalue weighted by molar-refractivity contribution is 0.0472. The Bertz CT molecular complexity index is 661. The van der Waals surface area contributed by atoms with Crippen molar-refractivity contribution in [1.29, 1.82) is 0 Å². The average Bonchev–Trinajstić information content (AvgIpc) is 2.59. The van der Waals surface area contributed by atoms with Crippen LogP contribution in [-0.4, -0.2) is 26.2 Å². The molecule has 0 fully saturated rings. The summed E-state index contributed by atoms with van der Waals surface area (Å²) in [6.45, 7) is 0.0791. The molecule has 0 aromatic heterocycles. The van der Waals surface area contributed by atoms with E-state index in [1.54, 1.807) is 55.6 Å². The van der Waals surface area contributed by atoms with Crippen LogP contribution in [0.15, 0.2) is 48.5 Å². The number of esters is 2. The Balaban J connectivity index is 1.99. The van der Waals surface area contributed by atoms with Crippen LogP contribution < -0.4 is 4.74 Å². The molecule has 0 amide bonds. The van der Waals surface area contributed by atoms with Gasteiger partial charge in [-0.3, -0.25) is 0 Å². The highest BCUT2D eigenvalue weighted by molar-refractivity contribution is 5.90. The first-order chi connectivity index (χ1) is 10.6. The molecule has 0 saturated heterocycles. The SMILES string of the molecule is COC(=O)c1cccc(COC(=O)c2ccc(OC)cc2)c1. The van der Waals surface area contributed by atoms with E-state index < -0.39 is 11.9 Å². The molecular formula is C17H16O5. The van der Waals surface area contributed by atoms with Gasteiger partial charge in [-0.05, 0) is 42.0 Å². The molecule has 2 rings (SSSR count). The quantitative estimate of drug-likeness (QED) is 0.795. The summed E-state index contributed by atoms with van der Waals surface area (Å²) in [5.74, 6) is -0.197. The number of ether oxygens (including phenoxy) is 3. The molecule has 0 atom stereocenters. The van der Waals surface area contributed by atoms with Crippen LogP contribution in [0.2, 0.25) is 0 Å². The van der Waals surface area contributed by atoms with Crippen molar-refractivity contribution in [3.05, 3.63) is 65.2 Å². The molecule has 22 heavy (non-hydrogen) atoms. The van der Waals surface area contributed by atoms with Gasteiger partial charge in [-0.2, -0.15) is 0 Å². The van der Waals surface area contributed by atoms with Crippen LogP contribution in [-0.2, 0) is 16.1 Å². The molecule has 0 aliphatic heterocycles. The lowest BCUT2D eigenvalue weighted by Crippen LogP contribution is -2.06. The lowest BCUT2D eigenvalue weighted by atomic mass is 10.1. The molecule has 0 heterocycles. The number of carbonyl (C=O) groups excluding carboxylic acids is 2. The Morgan fingerprint density at radius 1 is 0.909 bits per heavy atom. The predicted molar refractivity (Wildman–Crippen MR) is 79.9 cm³/mol. The van der Waals surface area contributed by atoms with Crippen LogP contribution in [0, 0.1) is 0 Å². The Morgan fingerprint density at radius 2 is 1.64 bits per heavy atom. The largest absolute Gasteiger partial charge is 0.497 e. The number of rotatable bonds is 5. The van der Waals surface area contributed by atoms with Crippen molar-refractivity contribution in [1.82, 2.24) is 0 Å². The summed E-state index contributed by atoms with van der Waals surface area (Å²) in [5.41, 5.74) is 1.56. The molecule has 2 aromatic carbocycles. The molecule has 0 N–H and O–H groups in total. The third-order valence-corrected chi connectivity index (χ3v) is 3.04. The van der Waals surface area contributed by atoms with Crippen LogP contribution in [0.1, 0.15) is 26.3 Å². The van der Waals surface area contributed by atoms with E-state index in [2.05, 4.69) is 4.74 Å². The summed E-state index contributed by atoms with van der Waals surface area (Å²) in [6.07, 6.45) is 0. The maximum absolute atomic E-state index is 11.9. The van der Waals surface area contributed by atoms with Crippen LogP contribution in [0.25, 0.3) is 0 Å². The molecule has 0 spiro atoms. The summed E-state index contributed by atoms with van der Waals surface area (Å²) >= 11 is 0. The third-order valence-electron chi connectivity index (χ3n) is 3.04. The molecule has 0 unspecified atom stereocenters. The van der Waals surface area contributed by atoms with Gasteiger partial charge in [0.05, 0.1) is 25.3 Å². The summed E-state index contributed by atoms with van der Waals surface area (Å²) in [7, 11) is 2.88. The zero-order valence-corrected chi connectivity index (χ0v) is 12.4. The Labute approximate surface area is 128 Å². The number of benzene rings is 2. The van der Waals surface area contributed by atoms with E-state index in [-0.39, 0.29) is 6.61 Å². The minimum atomic E-state index is -0.439. The van der Waals surface area contributed by atoms with Gasteiger partial charge < -0.3 is 14.2 Å². The molecule has 0 aliphatic rings. The minimum absolute atomic E-state index is 0.0791. The first kappa shape index (κ1) is 15.6. The van der Waals surface area contributed by atoms with Crippen molar-refractivity contribution in [3.63, 3.8) is 0 Å². The van der Waals surface area contributed by atoms with Gasteiger partial charge in [-0.25, -0.2) is 9.59 Å². The van der Waals surface area contributed by atoms with Gasteiger partial charge in [0.1, 0.15) is 12.4 Å². The van der Waals surface area contributed by atoms with Gasteiger partial charge in [-0.1, -0.05) is 12.1 Å². The van der Waals surface area contributed by atoms with E-state index in [0.717, 1.165) is 0 Å². The van der Waals surface area contributed by atoms with E-state index in [1.165, 1.54) is 7.11 Å². The monoisotopic (exact) mass is 300 g/mol. The highest BCUT2D eigenvalue weighted by atomic mass is 16.5. The molecule has 0 aliphatic carbocycles. The van der Waals surface area contributed by atoms with Crippen molar-refractivity contribution in [2.45, 2.75) is 6.61 Å². The van der Waals surface area contributed by atoms with Crippen molar-refractivity contribution in [2.24, 2.45) is 0 Å². The highest BCUT2D eigenvalue weighted by Crippen LogP contribution is 2.13. The second kappa shape index (κ2) is 7.26. The number of methoxy groups -OCH3 is 2. The summed E-state index contributed by atoms with van der Waals surface area (Å²) in [5, 5.41) is 0. The van der Waals surface area contributed by atoms with E-state index in [1.807, 2.05) is 0 Å². The fraction of sp³-hybridized carbons (Fsp3) is 0.176. The maximum Gasteiger partial charge on any atom is 0.338 e. The first-order valence-corrected chi connectivity index (χ1v) is 6.62. The van der Waals surface area contributed by atoms with Gasteiger partial charge >= 0.3 is 11.9 Å². The highest BCUT2D eigenvalue weighted by Gasteiger charge is 2.09. The topological polar surface area (TPSA) is 61.8 Å². The van der Waals surface area contributed by atoms with Crippen molar-refractivity contribution < 1.29 is 23.8 Å². The van der Waals surface area contributed by atoms with Crippen LogP contribution in [0.4, 0.5) is 0 Å². The van der Waals surface area contributed by atoms with Crippen LogP contribution in [0.5, 0.6) is 5.75 Å². The third kappa shape index (κ3) is 3.85. The normalized spacial score (nSPS) is 9.91. The number of hydrogen-bond donors (Lipinski definition) is 0. The number of hydrogen-bond acceptors (Lipinski definition) is 5. The van der Waals surface area contributed by atoms with E-state index >= 15 is 0 Å². The van der Waals surface area contributed by atoms with Gasteiger partial charge in [0.15, 0.2) is 0 Å². The van der Waals surface area contributed by atoms with Crippen molar-refractivity contribution in [3.8, 4) is 5.75 Å². The molecular weight excluding hydrogens is 284 g/mol. The van der Waals surface area contributed by atoms with E-state index in [9.17, 15) is 9.59 Å². The lowest BCUT2D eigenvalue weighted by Gasteiger charge is -2.07. The molecule has 114 valence electrons. The smallest absolute Gasteiger partial charge is 0.338 e. The average molecular weight is 300 g/mol. The second-order valence-corrected chi connectivity index (χ2v) is 4.50. The maximum atomic E-state index is 11.9. The Kier molecular flexibility index (Phi) is 5.14. The van der Waals surface area contributed by atoms with Crippen molar-refractivity contribution >= 4 is 11.9 Å². The first-order valence-electron chi connectivity index (χ1n) is 6.62. The minimum Gasteiger partial charge on any atom is -0.497 e. The standard InChI is InChI=1S/C17H16O5/c1-20-15-8-6-13(7-9-15)17(19)22-11-12-4-3-5-14(10-12)16(18)21-2/h3-10H,11H2,1-2H3. The Morgan fingerprint density at radius 3 is 2.27 bits per heavy atom. The fourth-order valence-electron chi connectivity index (χ4n) is 1.87.